The highest BCUT2D eigenvalue weighted by Gasteiger charge is 2.09. The topological polar surface area (TPSA) is 31.2 Å². The maximum absolute atomic E-state index is 11.0. The molecule has 0 radical (unpaired) electrons. The van der Waals surface area contributed by atoms with E-state index in [-0.39, 0.29) is 5.97 Å². The first-order valence-corrected chi connectivity index (χ1v) is 3.84. The number of carbonyl (C=O) groups is 1. The molecule has 1 aromatic heterocycles. The van der Waals surface area contributed by atoms with E-state index >= 15 is 0 Å². The monoisotopic (exact) mass is 217 g/mol. The number of halogens is 1. The van der Waals surface area contributed by atoms with Gasteiger partial charge in [0.2, 0.25) is 0 Å². The average Bonchev–Trinajstić information content (AvgIpc) is 2.28. The average molecular weight is 218 g/mol. The first-order chi connectivity index (χ1) is 5.15. The number of aryl methyl sites for hydroxylation is 1. The Morgan fingerprint density at radius 1 is 1.73 bits per heavy atom. The van der Waals surface area contributed by atoms with Gasteiger partial charge in [0.05, 0.1) is 7.11 Å². The molecule has 0 aromatic carbocycles. The lowest BCUT2D eigenvalue weighted by atomic mass is 10.4. The van der Waals surface area contributed by atoms with E-state index in [1.807, 2.05) is 0 Å². The summed E-state index contributed by atoms with van der Waals surface area (Å²) in [4.78, 5) is 11.0. The molecule has 0 saturated heterocycles. The second-order valence-corrected chi connectivity index (χ2v) is 3.06. The predicted octanol–water partition coefficient (Wildman–Crippen LogP) is 1.57. The molecule has 0 aliphatic carbocycles. The zero-order valence-corrected chi connectivity index (χ0v) is 7.88. The van der Waals surface area contributed by atoms with Gasteiger partial charge in [-0.15, -0.1) is 0 Å². The summed E-state index contributed by atoms with van der Waals surface area (Å²) in [5.74, 6) is -0.321. The van der Waals surface area contributed by atoms with Gasteiger partial charge in [-0.2, -0.15) is 0 Å². The number of methoxy groups -OCH3 is 1. The fourth-order valence-corrected chi connectivity index (χ4v) is 1.36. The molecule has 0 saturated carbocycles. The van der Waals surface area contributed by atoms with Gasteiger partial charge in [-0.1, -0.05) is 0 Å². The van der Waals surface area contributed by atoms with Crippen LogP contribution in [0.1, 0.15) is 10.5 Å². The number of rotatable bonds is 1. The molecule has 1 heterocycles. The quantitative estimate of drug-likeness (QED) is 0.670. The fourth-order valence-electron chi connectivity index (χ4n) is 0.832. The van der Waals surface area contributed by atoms with Crippen molar-refractivity contribution in [3.63, 3.8) is 0 Å². The van der Waals surface area contributed by atoms with Gasteiger partial charge in [0.15, 0.2) is 0 Å². The molecule has 0 unspecified atom stereocenters. The molecule has 1 aromatic rings. The summed E-state index contributed by atoms with van der Waals surface area (Å²) in [5.41, 5.74) is 0.541. The number of hydrogen-bond acceptors (Lipinski definition) is 2. The number of hydrogen-bond donors (Lipinski definition) is 0. The molecule has 3 nitrogen and oxygen atoms in total. The van der Waals surface area contributed by atoms with E-state index in [9.17, 15) is 4.79 Å². The van der Waals surface area contributed by atoms with Crippen molar-refractivity contribution in [2.75, 3.05) is 7.11 Å². The van der Waals surface area contributed by atoms with Crippen LogP contribution >= 0.6 is 15.9 Å². The molecular formula is C7H8BrNO2. The SMILES string of the molecule is COC(=O)c1cc(Br)cn1C. The largest absolute Gasteiger partial charge is 0.464 e. The maximum Gasteiger partial charge on any atom is 0.354 e. The highest BCUT2D eigenvalue weighted by Crippen LogP contribution is 2.13. The smallest absolute Gasteiger partial charge is 0.354 e. The van der Waals surface area contributed by atoms with Crippen molar-refractivity contribution in [2.24, 2.45) is 7.05 Å². The Labute approximate surface area is 73.1 Å². The van der Waals surface area contributed by atoms with Crippen molar-refractivity contribution in [1.82, 2.24) is 4.57 Å². The summed E-state index contributed by atoms with van der Waals surface area (Å²) in [7, 11) is 3.15. The third kappa shape index (κ3) is 1.63. The first-order valence-electron chi connectivity index (χ1n) is 3.05. The molecule has 0 spiro atoms. The lowest BCUT2D eigenvalue weighted by molar-refractivity contribution is 0.0590. The summed E-state index contributed by atoms with van der Waals surface area (Å²) in [5, 5.41) is 0. The van der Waals surface area contributed by atoms with Crippen LogP contribution in [0.5, 0.6) is 0 Å². The Hall–Kier alpha value is -0.770. The molecule has 0 bridgehead atoms. The summed E-state index contributed by atoms with van der Waals surface area (Å²) in [6, 6.07) is 1.71. The minimum Gasteiger partial charge on any atom is -0.464 e. The van der Waals surface area contributed by atoms with Crippen LogP contribution in [0.25, 0.3) is 0 Å². The van der Waals surface area contributed by atoms with Crippen LogP contribution in [0.2, 0.25) is 0 Å². The van der Waals surface area contributed by atoms with Crippen molar-refractivity contribution in [3.05, 3.63) is 22.4 Å². The molecule has 1 rings (SSSR count). The number of esters is 1. The Balaban J connectivity index is 3.03. The van der Waals surface area contributed by atoms with Gasteiger partial charge >= 0.3 is 5.97 Å². The van der Waals surface area contributed by atoms with Gasteiger partial charge in [0.1, 0.15) is 5.69 Å². The molecule has 0 N–H and O–H groups in total. The van der Waals surface area contributed by atoms with Crippen molar-refractivity contribution in [3.8, 4) is 0 Å². The van der Waals surface area contributed by atoms with Crippen LogP contribution in [0.15, 0.2) is 16.7 Å². The van der Waals surface area contributed by atoms with E-state index in [1.54, 1.807) is 23.9 Å². The Kier molecular flexibility index (Phi) is 2.34. The highest BCUT2D eigenvalue weighted by molar-refractivity contribution is 9.10. The molecule has 0 amide bonds. The van der Waals surface area contributed by atoms with Gasteiger partial charge in [-0.3, -0.25) is 0 Å². The van der Waals surface area contributed by atoms with E-state index in [2.05, 4.69) is 20.7 Å². The Bertz CT molecular complexity index is 280. The standard InChI is InChI=1S/C7H8BrNO2/c1-9-4-5(8)3-6(9)7(10)11-2/h3-4H,1-2H3. The van der Waals surface area contributed by atoms with Gasteiger partial charge in [0.25, 0.3) is 0 Å². The van der Waals surface area contributed by atoms with Gasteiger partial charge in [-0.05, 0) is 22.0 Å². The van der Waals surface area contributed by atoms with Crippen molar-refractivity contribution in [2.45, 2.75) is 0 Å². The minimum atomic E-state index is -0.321. The Morgan fingerprint density at radius 2 is 2.36 bits per heavy atom. The number of ether oxygens (including phenoxy) is 1. The molecule has 0 aliphatic heterocycles. The fraction of sp³-hybridized carbons (Fsp3) is 0.286. The summed E-state index contributed by atoms with van der Waals surface area (Å²) in [6.45, 7) is 0. The summed E-state index contributed by atoms with van der Waals surface area (Å²) >= 11 is 3.25. The van der Waals surface area contributed by atoms with Crippen LogP contribution in [0.3, 0.4) is 0 Å². The minimum absolute atomic E-state index is 0.321. The van der Waals surface area contributed by atoms with Gasteiger partial charge < -0.3 is 9.30 Å². The van der Waals surface area contributed by atoms with Gasteiger partial charge in [-0.25, -0.2) is 4.79 Å². The first kappa shape index (κ1) is 8.33. The van der Waals surface area contributed by atoms with E-state index in [0.717, 1.165) is 4.47 Å². The molecule has 60 valence electrons. The summed E-state index contributed by atoms with van der Waals surface area (Å²) < 4.78 is 7.13. The maximum atomic E-state index is 11.0. The van der Waals surface area contributed by atoms with Gasteiger partial charge in [0, 0.05) is 17.7 Å². The van der Waals surface area contributed by atoms with E-state index in [4.69, 9.17) is 0 Å². The number of aromatic nitrogens is 1. The third-order valence-corrected chi connectivity index (χ3v) is 1.80. The molecular weight excluding hydrogens is 210 g/mol. The lowest BCUT2D eigenvalue weighted by Crippen LogP contribution is -2.06. The van der Waals surface area contributed by atoms with Crippen LogP contribution in [-0.2, 0) is 11.8 Å². The van der Waals surface area contributed by atoms with Crippen LogP contribution < -0.4 is 0 Å². The van der Waals surface area contributed by atoms with Crippen molar-refractivity contribution in [1.29, 1.82) is 0 Å². The zero-order valence-electron chi connectivity index (χ0n) is 6.30. The number of carbonyl (C=O) groups excluding carboxylic acids is 1. The predicted molar refractivity (Wildman–Crippen MR) is 44.5 cm³/mol. The van der Waals surface area contributed by atoms with Crippen molar-refractivity contribution < 1.29 is 9.53 Å². The Morgan fingerprint density at radius 3 is 2.73 bits per heavy atom. The normalized spacial score (nSPS) is 9.73. The van der Waals surface area contributed by atoms with Crippen LogP contribution in [0.4, 0.5) is 0 Å². The van der Waals surface area contributed by atoms with E-state index in [1.165, 1.54) is 7.11 Å². The summed E-state index contributed by atoms with van der Waals surface area (Å²) in [6.07, 6.45) is 1.80. The van der Waals surface area contributed by atoms with Crippen LogP contribution in [0, 0.1) is 0 Å². The number of nitrogens with zero attached hydrogens (tertiary/aromatic N) is 1. The molecule has 11 heavy (non-hydrogen) atoms. The van der Waals surface area contributed by atoms with E-state index < -0.39 is 0 Å². The lowest BCUT2D eigenvalue weighted by Gasteiger charge is -1.98. The molecule has 0 atom stereocenters. The second-order valence-electron chi connectivity index (χ2n) is 2.15. The van der Waals surface area contributed by atoms with Crippen molar-refractivity contribution >= 4 is 21.9 Å². The van der Waals surface area contributed by atoms with E-state index in [0.29, 0.717) is 5.69 Å². The molecule has 0 fully saturated rings. The molecule has 4 heteroatoms. The zero-order chi connectivity index (χ0) is 8.43. The third-order valence-electron chi connectivity index (χ3n) is 1.37. The van der Waals surface area contributed by atoms with Crippen LogP contribution in [-0.4, -0.2) is 17.6 Å². The highest BCUT2D eigenvalue weighted by atomic mass is 79.9. The second kappa shape index (κ2) is 3.09. The molecule has 0 aliphatic rings.